The molecule has 0 aliphatic heterocycles. The molecule has 1 saturated carbocycles. The maximum Gasteiger partial charge on any atom is 0.132 e. The number of benzene rings is 1. The normalized spacial score (nSPS) is 17.2. The van der Waals surface area contributed by atoms with Crippen molar-refractivity contribution in [2.45, 2.75) is 32.3 Å². The van der Waals surface area contributed by atoms with Crippen molar-refractivity contribution in [2.75, 3.05) is 6.61 Å². The molecule has 16 heavy (non-hydrogen) atoms. The molecule has 88 valence electrons. The third kappa shape index (κ3) is 2.73. The average molecular weight is 224 g/mol. The van der Waals surface area contributed by atoms with E-state index in [9.17, 15) is 9.50 Å². The number of hydrogen-bond donors (Lipinski definition) is 1. The molecule has 0 amide bonds. The van der Waals surface area contributed by atoms with Gasteiger partial charge in [-0.25, -0.2) is 4.39 Å². The smallest absolute Gasteiger partial charge is 0.132 e. The van der Waals surface area contributed by atoms with Crippen LogP contribution in [0, 0.1) is 11.7 Å². The Hall–Kier alpha value is -1.09. The maximum atomic E-state index is 13.6. The lowest BCUT2D eigenvalue weighted by Crippen LogP contribution is -2.02. The van der Waals surface area contributed by atoms with Gasteiger partial charge in [0.05, 0.1) is 12.7 Å². The molecule has 1 atom stereocenters. The molecule has 1 aliphatic carbocycles. The number of rotatable bonds is 5. The van der Waals surface area contributed by atoms with Crippen LogP contribution in [0.2, 0.25) is 0 Å². The van der Waals surface area contributed by atoms with Crippen molar-refractivity contribution in [3.63, 3.8) is 0 Å². The van der Waals surface area contributed by atoms with E-state index in [2.05, 4.69) is 0 Å². The van der Waals surface area contributed by atoms with Gasteiger partial charge >= 0.3 is 0 Å². The lowest BCUT2D eigenvalue weighted by atomic mass is 10.1. The molecular formula is C13H17FO2. The highest BCUT2D eigenvalue weighted by Crippen LogP contribution is 2.30. The van der Waals surface area contributed by atoms with Gasteiger partial charge in [0.15, 0.2) is 0 Å². The van der Waals surface area contributed by atoms with Gasteiger partial charge in [-0.15, -0.1) is 0 Å². The molecular weight excluding hydrogens is 207 g/mol. The van der Waals surface area contributed by atoms with Gasteiger partial charge in [-0.3, -0.25) is 0 Å². The summed E-state index contributed by atoms with van der Waals surface area (Å²) in [6.45, 7) is 2.50. The third-order valence-corrected chi connectivity index (χ3v) is 2.90. The predicted octanol–water partition coefficient (Wildman–Crippen LogP) is 3.06. The SMILES string of the molecule is CCC(O)c1ccc(OCC2CC2)cc1F. The van der Waals surface area contributed by atoms with Gasteiger partial charge in [0.25, 0.3) is 0 Å². The van der Waals surface area contributed by atoms with E-state index in [1.807, 2.05) is 6.92 Å². The summed E-state index contributed by atoms with van der Waals surface area (Å²) in [5, 5.41) is 9.55. The van der Waals surface area contributed by atoms with Gasteiger partial charge in [-0.2, -0.15) is 0 Å². The second-order valence-corrected chi connectivity index (χ2v) is 4.36. The minimum absolute atomic E-state index is 0.348. The fourth-order valence-corrected chi connectivity index (χ4v) is 1.59. The van der Waals surface area contributed by atoms with Crippen LogP contribution in [0.4, 0.5) is 4.39 Å². The standard InChI is InChI=1S/C13H17FO2/c1-2-13(15)11-6-5-10(7-12(11)14)16-8-9-3-4-9/h5-7,9,13,15H,2-4,8H2,1H3. The minimum atomic E-state index is -0.725. The number of aliphatic hydroxyl groups excluding tert-OH is 1. The van der Waals surface area contributed by atoms with Crippen LogP contribution in [0.3, 0.4) is 0 Å². The van der Waals surface area contributed by atoms with Crippen LogP contribution in [0.1, 0.15) is 37.9 Å². The maximum absolute atomic E-state index is 13.6. The summed E-state index contributed by atoms with van der Waals surface area (Å²) < 4.78 is 19.0. The number of aliphatic hydroxyl groups is 1. The van der Waals surface area contributed by atoms with E-state index in [1.54, 1.807) is 12.1 Å². The summed E-state index contributed by atoms with van der Waals surface area (Å²) in [5.41, 5.74) is 0.348. The van der Waals surface area contributed by atoms with Crippen molar-refractivity contribution in [1.29, 1.82) is 0 Å². The molecule has 1 aromatic carbocycles. The predicted molar refractivity (Wildman–Crippen MR) is 59.9 cm³/mol. The molecule has 1 fully saturated rings. The molecule has 1 aromatic rings. The van der Waals surface area contributed by atoms with Crippen LogP contribution in [-0.2, 0) is 0 Å². The van der Waals surface area contributed by atoms with Crippen molar-refractivity contribution in [2.24, 2.45) is 5.92 Å². The highest BCUT2D eigenvalue weighted by molar-refractivity contribution is 5.30. The van der Waals surface area contributed by atoms with Crippen molar-refractivity contribution in [1.82, 2.24) is 0 Å². The first-order valence-corrected chi connectivity index (χ1v) is 5.81. The third-order valence-electron chi connectivity index (χ3n) is 2.90. The Bertz CT molecular complexity index is 361. The second kappa shape index (κ2) is 4.83. The van der Waals surface area contributed by atoms with Crippen LogP contribution in [0.25, 0.3) is 0 Å². The molecule has 1 N–H and O–H groups in total. The summed E-state index contributed by atoms with van der Waals surface area (Å²) in [6, 6.07) is 4.68. The van der Waals surface area contributed by atoms with Crippen LogP contribution >= 0.6 is 0 Å². The molecule has 0 aromatic heterocycles. The zero-order valence-corrected chi connectivity index (χ0v) is 9.45. The lowest BCUT2D eigenvalue weighted by molar-refractivity contribution is 0.168. The van der Waals surface area contributed by atoms with Crippen molar-refractivity contribution >= 4 is 0 Å². The van der Waals surface area contributed by atoms with Gasteiger partial charge in [0.2, 0.25) is 0 Å². The van der Waals surface area contributed by atoms with E-state index in [4.69, 9.17) is 4.74 Å². The molecule has 1 unspecified atom stereocenters. The molecule has 0 spiro atoms. The Morgan fingerprint density at radius 2 is 2.25 bits per heavy atom. The largest absolute Gasteiger partial charge is 0.493 e. The zero-order valence-electron chi connectivity index (χ0n) is 9.45. The van der Waals surface area contributed by atoms with Crippen molar-refractivity contribution < 1.29 is 14.2 Å². The van der Waals surface area contributed by atoms with Gasteiger partial charge in [0, 0.05) is 11.6 Å². The first kappa shape index (κ1) is 11.4. The number of halogens is 1. The molecule has 1 aliphatic rings. The first-order valence-electron chi connectivity index (χ1n) is 5.81. The van der Waals surface area contributed by atoms with Crippen LogP contribution in [-0.4, -0.2) is 11.7 Å². The van der Waals surface area contributed by atoms with E-state index in [0.29, 0.717) is 30.3 Å². The van der Waals surface area contributed by atoms with Crippen molar-refractivity contribution in [3.05, 3.63) is 29.6 Å². The molecule has 3 heteroatoms. The summed E-state index contributed by atoms with van der Waals surface area (Å²) >= 11 is 0. The Balaban J connectivity index is 2.02. The molecule has 0 heterocycles. The van der Waals surface area contributed by atoms with Gasteiger partial charge in [-0.05, 0) is 37.3 Å². The lowest BCUT2D eigenvalue weighted by Gasteiger charge is -2.11. The minimum Gasteiger partial charge on any atom is -0.493 e. The van der Waals surface area contributed by atoms with E-state index in [-0.39, 0.29) is 5.82 Å². The van der Waals surface area contributed by atoms with Gasteiger partial charge in [-0.1, -0.05) is 6.92 Å². The molecule has 2 rings (SSSR count). The molecule has 2 nitrogen and oxygen atoms in total. The highest BCUT2D eigenvalue weighted by Gasteiger charge is 2.22. The Kier molecular flexibility index (Phi) is 3.44. The Labute approximate surface area is 95.1 Å². The summed E-state index contributed by atoms with van der Waals surface area (Å²) in [7, 11) is 0. The fourth-order valence-electron chi connectivity index (χ4n) is 1.59. The summed E-state index contributed by atoms with van der Waals surface area (Å²) in [4.78, 5) is 0. The first-order chi connectivity index (χ1) is 7.70. The summed E-state index contributed by atoms with van der Waals surface area (Å²) in [5.74, 6) is 0.822. The van der Waals surface area contributed by atoms with Crippen molar-refractivity contribution in [3.8, 4) is 5.75 Å². The average Bonchev–Trinajstić information content (AvgIpc) is 3.09. The Morgan fingerprint density at radius 1 is 1.50 bits per heavy atom. The summed E-state index contributed by atoms with van der Waals surface area (Å²) in [6.07, 6.45) is 2.22. The van der Waals surface area contributed by atoms with E-state index in [1.165, 1.54) is 18.9 Å². The fraction of sp³-hybridized carbons (Fsp3) is 0.538. The number of ether oxygens (including phenoxy) is 1. The number of hydrogen-bond acceptors (Lipinski definition) is 2. The monoisotopic (exact) mass is 224 g/mol. The van der Waals surface area contributed by atoms with Gasteiger partial charge < -0.3 is 9.84 Å². The zero-order chi connectivity index (χ0) is 11.5. The quantitative estimate of drug-likeness (QED) is 0.833. The van der Waals surface area contributed by atoms with E-state index < -0.39 is 6.10 Å². The van der Waals surface area contributed by atoms with Crippen LogP contribution < -0.4 is 4.74 Å². The van der Waals surface area contributed by atoms with Crippen LogP contribution in [0.5, 0.6) is 5.75 Å². The van der Waals surface area contributed by atoms with E-state index >= 15 is 0 Å². The second-order valence-electron chi connectivity index (χ2n) is 4.36. The molecule has 0 radical (unpaired) electrons. The highest BCUT2D eigenvalue weighted by atomic mass is 19.1. The molecule has 0 saturated heterocycles. The van der Waals surface area contributed by atoms with E-state index in [0.717, 1.165) is 0 Å². The molecule has 0 bridgehead atoms. The Morgan fingerprint density at radius 3 is 2.81 bits per heavy atom. The van der Waals surface area contributed by atoms with Crippen LogP contribution in [0.15, 0.2) is 18.2 Å². The topological polar surface area (TPSA) is 29.5 Å². The van der Waals surface area contributed by atoms with Gasteiger partial charge in [0.1, 0.15) is 11.6 Å².